The number of carbonyl (C=O) groups is 1. The van der Waals surface area contributed by atoms with Gasteiger partial charge in [0.15, 0.2) is 0 Å². The van der Waals surface area contributed by atoms with Gasteiger partial charge in [-0.2, -0.15) is 0 Å². The zero-order valence-corrected chi connectivity index (χ0v) is 10.1. The van der Waals surface area contributed by atoms with Crippen LogP contribution >= 0.6 is 27.3 Å². The SMILES string of the molecule is Cn1cc(Br)c2cc(C(=O)O)sc2c1=O. The zero-order valence-electron chi connectivity index (χ0n) is 7.65. The first-order valence-corrected chi connectivity index (χ1v) is 5.63. The fourth-order valence-corrected chi connectivity index (χ4v) is 3.04. The van der Waals surface area contributed by atoms with Gasteiger partial charge in [0.05, 0.1) is 0 Å². The van der Waals surface area contributed by atoms with Crippen LogP contribution in [0.2, 0.25) is 0 Å². The van der Waals surface area contributed by atoms with Crippen LogP contribution in [0.15, 0.2) is 21.5 Å². The highest BCUT2D eigenvalue weighted by molar-refractivity contribution is 9.10. The summed E-state index contributed by atoms with van der Waals surface area (Å²) in [5.74, 6) is -1.01. The van der Waals surface area contributed by atoms with Gasteiger partial charge in [0.25, 0.3) is 5.56 Å². The summed E-state index contributed by atoms with van der Waals surface area (Å²) < 4.78 is 2.61. The highest BCUT2D eigenvalue weighted by Crippen LogP contribution is 2.28. The molecule has 1 N–H and O–H groups in total. The van der Waals surface area contributed by atoms with Gasteiger partial charge in [-0.15, -0.1) is 11.3 Å². The summed E-state index contributed by atoms with van der Waals surface area (Å²) in [6.45, 7) is 0. The Labute approximate surface area is 96.9 Å². The lowest BCUT2D eigenvalue weighted by atomic mass is 10.3. The van der Waals surface area contributed by atoms with E-state index >= 15 is 0 Å². The van der Waals surface area contributed by atoms with E-state index in [0.717, 1.165) is 15.8 Å². The number of nitrogens with zero attached hydrogens (tertiary/aromatic N) is 1. The largest absolute Gasteiger partial charge is 0.477 e. The molecule has 2 rings (SSSR count). The number of pyridine rings is 1. The van der Waals surface area contributed by atoms with Crippen LogP contribution < -0.4 is 5.56 Å². The third-order valence-electron chi connectivity index (χ3n) is 2.02. The van der Waals surface area contributed by atoms with Gasteiger partial charge in [-0.1, -0.05) is 0 Å². The number of hydrogen-bond acceptors (Lipinski definition) is 3. The first-order chi connectivity index (χ1) is 7.00. The minimum atomic E-state index is -1.01. The molecule has 2 aromatic rings. The van der Waals surface area contributed by atoms with Crippen molar-refractivity contribution in [2.24, 2.45) is 7.05 Å². The van der Waals surface area contributed by atoms with Crippen molar-refractivity contribution in [3.63, 3.8) is 0 Å². The Bertz CT molecular complexity index is 614. The van der Waals surface area contributed by atoms with Crippen molar-refractivity contribution in [1.82, 2.24) is 4.57 Å². The minimum Gasteiger partial charge on any atom is -0.477 e. The number of aryl methyl sites for hydroxylation is 1. The molecule has 0 aliphatic heterocycles. The third-order valence-corrected chi connectivity index (χ3v) is 3.76. The smallest absolute Gasteiger partial charge is 0.345 e. The van der Waals surface area contributed by atoms with E-state index in [2.05, 4.69) is 15.9 Å². The number of rotatable bonds is 1. The molecule has 0 bridgehead atoms. The van der Waals surface area contributed by atoms with Gasteiger partial charge in [-0.3, -0.25) is 4.79 Å². The molecule has 0 saturated heterocycles. The van der Waals surface area contributed by atoms with Crippen molar-refractivity contribution in [3.8, 4) is 0 Å². The number of carboxylic acids is 1. The predicted molar refractivity (Wildman–Crippen MR) is 61.7 cm³/mol. The van der Waals surface area contributed by atoms with Crippen molar-refractivity contribution in [2.75, 3.05) is 0 Å². The van der Waals surface area contributed by atoms with E-state index in [1.165, 1.54) is 10.6 Å². The molecular weight excluding hydrogens is 282 g/mol. The van der Waals surface area contributed by atoms with E-state index in [0.29, 0.717) is 10.1 Å². The number of fused-ring (bicyclic) bond motifs is 1. The lowest BCUT2D eigenvalue weighted by molar-refractivity contribution is 0.0702. The monoisotopic (exact) mass is 287 g/mol. The van der Waals surface area contributed by atoms with E-state index in [1.54, 1.807) is 13.2 Å². The molecule has 0 aliphatic carbocycles. The number of hydrogen-bond donors (Lipinski definition) is 1. The van der Waals surface area contributed by atoms with Crippen molar-refractivity contribution < 1.29 is 9.90 Å². The number of aromatic nitrogens is 1. The highest BCUT2D eigenvalue weighted by atomic mass is 79.9. The normalized spacial score (nSPS) is 10.8. The average molecular weight is 288 g/mol. The van der Waals surface area contributed by atoms with Crippen LogP contribution in [0.1, 0.15) is 9.67 Å². The minimum absolute atomic E-state index is 0.175. The van der Waals surface area contributed by atoms with Gasteiger partial charge in [-0.05, 0) is 22.0 Å². The van der Waals surface area contributed by atoms with Crippen LogP contribution in [-0.2, 0) is 7.05 Å². The molecule has 78 valence electrons. The van der Waals surface area contributed by atoms with Gasteiger partial charge in [0, 0.05) is 23.1 Å². The molecule has 2 heterocycles. The van der Waals surface area contributed by atoms with Gasteiger partial charge in [0.1, 0.15) is 9.58 Å². The fourth-order valence-electron chi connectivity index (χ4n) is 1.29. The summed E-state index contributed by atoms with van der Waals surface area (Å²) in [6, 6.07) is 1.51. The van der Waals surface area contributed by atoms with Crippen molar-refractivity contribution in [3.05, 3.63) is 32.0 Å². The summed E-state index contributed by atoms with van der Waals surface area (Å²) in [7, 11) is 1.63. The van der Waals surface area contributed by atoms with Gasteiger partial charge < -0.3 is 9.67 Å². The Kier molecular flexibility index (Phi) is 2.40. The second-order valence-electron chi connectivity index (χ2n) is 3.05. The van der Waals surface area contributed by atoms with E-state index in [1.807, 2.05) is 0 Å². The zero-order chi connectivity index (χ0) is 11.2. The second kappa shape index (κ2) is 3.46. The molecule has 0 unspecified atom stereocenters. The van der Waals surface area contributed by atoms with E-state index in [9.17, 15) is 9.59 Å². The summed E-state index contributed by atoms with van der Waals surface area (Å²) in [4.78, 5) is 22.6. The average Bonchev–Trinajstić information content (AvgIpc) is 2.59. The van der Waals surface area contributed by atoms with E-state index in [-0.39, 0.29) is 10.4 Å². The summed E-state index contributed by atoms with van der Waals surface area (Å²) in [6.07, 6.45) is 1.63. The van der Waals surface area contributed by atoms with Crippen LogP contribution in [0.5, 0.6) is 0 Å². The maximum atomic E-state index is 11.7. The number of halogens is 1. The number of aromatic carboxylic acids is 1. The van der Waals surface area contributed by atoms with Crippen LogP contribution in [0.4, 0.5) is 0 Å². The molecule has 6 heteroatoms. The van der Waals surface area contributed by atoms with Crippen molar-refractivity contribution in [2.45, 2.75) is 0 Å². The van der Waals surface area contributed by atoms with Crippen LogP contribution in [0.3, 0.4) is 0 Å². The first kappa shape index (κ1) is 10.4. The molecule has 0 fully saturated rings. The first-order valence-electron chi connectivity index (χ1n) is 4.02. The molecule has 0 aromatic carbocycles. The Morgan fingerprint density at radius 2 is 2.27 bits per heavy atom. The Morgan fingerprint density at radius 3 is 2.87 bits per heavy atom. The standard InChI is InChI=1S/C9H6BrNO3S/c1-11-3-5(10)4-2-6(9(13)14)15-7(4)8(11)12/h2-3H,1H3,(H,13,14). The lowest BCUT2D eigenvalue weighted by Gasteiger charge is -1.98. The van der Waals surface area contributed by atoms with Crippen molar-refractivity contribution >= 4 is 43.3 Å². The van der Waals surface area contributed by atoms with E-state index in [4.69, 9.17) is 5.11 Å². The Morgan fingerprint density at radius 1 is 1.60 bits per heavy atom. The van der Waals surface area contributed by atoms with Gasteiger partial charge in [-0.25, -0.2) is 4.79 Å². The second-order valence-corrected chi connectivity index (χ2v) is 4.96. The van der Waals surface area contributed by atoms with Crippen LogP contribution in [-0.4, -0.2) is 15.6 Å². The summed E-state index contributed by atoms with van der Waals surface area (Å²) >= 11 is 4.30. The topological polar surface area (TPSA) is 59.3 Å². The maximum Gasteiger partial charge on any atom is 0.345 e. The fraction of sp³-hybridized carbons (Fsp3) is 0.111. The molecule has 15 heavy (non-hydrogen) atoms. The molecule has 0 amide bonds. The van der Waals surface area contributed by atoms with E-state index < -0.39 is 5.97 Å². The Hall–Kier alpha value is -1.14. The molecule has 4 nitrogen and oxygen atoms in total. The van der Waals surface area contributed by atoms with Gasteiger partial charge in [0.2, 0.25) is 0 Å². The Balaban J connectivity index is 2.92. The third kappa shape index (κ3) is 1.59. The van der Waals surface area contributed by atoms with Crippen LogP contribution in [0.25, 0.3) is 10.1 Å². The molecule has 2 aromatic heterocycles. The number of carboxylic acid groups (broad SMARTS) is 1. The molecule has 0 aliphatic rings. The summed E-state index contributed by atoms with van der Waals surface area (Å²) in [5, 5.41) is 9.48. The number of thiophene rings is 1. The summed E-state index contributed by atoms with van der Waals surface area (Å²) in [5.41, 5.74) is -0.175. The molecule has 0 saturated carbocycles. The molecular formula is C9H6BrNO3S. The molecule has 0 radical (unpaired) electrons. The quantitative estimate of drug-likeness (QED) is 0.873. The molecule has 0 spiro atoms. The van der Waals surface area contributed by atoms with Crippen molar-refractivity contribution in [1.29, 1.82) is 0 Å². The lowest BCUT2D eigenvalue weighted by Crippen LogP contribution is -2.14. The van der Waals surface area contributed by atoms with Crippen LogP contribution in [0, 0.1) is 0 Å². The van der Waals surface area contributed by atoms with Gasteiger partial charge >= 0.3 is 5.97 Å². The highest BCUT2D eigenvalue weighted by Gasteiger charge is 2.13. The predicted octanol–water partition coefficient (Wildman–Crippen LogP) is 2.06. The maximum absolute atomic E-state index is 11.7. The molecule has 0 atom stereocenters.